The van der Waals surface area contributed by atoms with E-state index in [2.05, 4.69) is 17.2 Å². The van der Waals surface area contributed by atoms with Gasteiger partial charge in [0, 0.05) is 27.8 Å². The molecule has 0 fully saturated rings. The second-order valence-corrected chi connectivity index (χ2v) is 7.44. The Balaban J connectivity index is 1.71. The number of aromatic nitrogens is 2. The van der Waals surface area contributed by atoms with Crippen LogP contribution in [0.1, 0.15) is 23.0 Å². The van der Waals surface area contributed by atoms with Crippen LogP contribution < -0.4 is 9.47 Å². The van der Waals surface area contributed by atoms with Crippen LogP contribution in [-0.4, -0.2) is 35.6 Å². The van der Waals surface area contributed by atoms with Gasteiger partial charge in [0.25, 0.3) is 0 Å². The van der Waals surface area contributed by atoms with Gasteiger partial charge in [-0.25, -0.2) is 9.48 Å². The number of ether oxygens (including phenoxy) is 3. The summed E-state index contributed by atoms with van der Waals surface area (Å²) >= 11 is 1.71. The third-order valence-corrected chi connectivity index (χ3v) is 5.84. The second-order valence-electron chi connectivity index (χ2n) is 6.42. The Hall–Kier alpha value is -2.93. The van der Waals surface area contributed by atoms with Crippen molar-refractivity contribution < 1.29 is 19.0 Å². The molecule has 5 rings (SSSR count). The zero-order valence-electron chi connectivity index (χ0n) is 15.3. The van der Waals surface area contributed by atoms with Gasteiger partial charge in [-0.2, -0.15) is 5.10 Å². The van der Waals surface area contributed by atoms with Gasteiger partial charge in [0.15, 0.2) is 17.2 Å². The summed E-state index contributed by atoms with van der Waals surface area (Å²) < 4.78 is 18.4. The summed E-state index contributed by atoms with van der Waals surface area (Å²) in [6.45, 7) is 3.17. The van der Waals surface area contributed by atoms with Crippen molar-refractivity contribution in [3.05, 3.63) is 53.7 Å². The predicted molar refractivity (Wildman–Crippen MR) is 106 cm³/mol. The zero-order chi connectivity index (χ0) is 19.1. The maximum atomic E-state index is 12.6. The number of fused-ring (bicyclic) bond motifs is 4. The SMILES string of the molecule is CCOC(=O)c1nn(-c2ccc3c(c2)OCCO3)c2c1CSc1ccccc1-2. The van der Waals surface area contributed by atoms with E-state index in [4.69, 9.17) is 14.2 Å². The topological polar surface area (TPSA) is 62.6 Å². The molecule has 0 aliphatic carbocycles. The minimum atomic E-state index is -0.393. The second kappa shape index (κ2) is 6.91. The average Bonchev–Trinajstić information content (AvgIpc) is 3.14. The van der Waals surface area contributed by atoms with Gasteiger partial charge in [-0.05, 0) is 25.1 Å². The Bertz CT molecular complexity index is 1080. The van der Waals surface area contributed by atoms with E-state index in [0.717, 1.165) is 28.3 Å². The number of carbonyl (C=O) groups is 1. The smallest absolute Gasteiger partial charge is 0.359 e. The molecule has 3 heterocycles. The summed E-state index contributed by atoms with van der Waals surface area (Å²) in [7, 11) is 0. The van der Waals surface area contributed by atoms with Gasteiger partial charge in [0.05, 0.1) is 18.0 Å². The first-order valence-electron chi connectivity index (χ1n) is 9.17. The summed E-state index contributed by atoms with van der Waals surface area (Å²) in [5.74, 6) is 1.68. The van der Waals surface area contributed by atoms with Gasteiger partial charge >= 0.3 is 5.97 Å². The lowest BCUT2D eigenvalue weighted by Gasteiger charge is -2.20. The summed E-state index contributed by atoms with van der Waals surface area (Å²) in [5, 5.41) is 4.66. The number of benzene rings is 2. The molecule has 7 heteroatoms. The monoisotopic (exact) mass is 394 g/mol. The van der Waals surface area contributed by atoms with Crippen LogP contribution in [0.2, 0.25) is 0 Å². The molecular formula is C21H18N2O4S. The quantitative estimate of drug-likeness (QED) is 0.624. The predicted octanol–water partition coefficient (Wildman–Crippen LogP) is 4.09. The van der Waals surface area contributed by atoms with E-state index in [1.807, 2.05) is 35.0 Å². The summed E-state index contributed by atoms with van der Waals surface area (Å²) in [5.41, 5.74) is 4.07. The molecule has 0 amide bonds. The molecule has 6 nitrogen and oxygen atoms in total. The zero-order valence-corrected chi connectivity index (χ0v) is 16.1. The Labute approximate surface area is 166 Å². The number of rotatable bonds is 3. The highest BCUT2D eigenvalue weighted by atomic mass is 32.2. The summed E-state index contributed by atoms with van der Waals surface area (Å²) in [4.78, 5) is 13.7. The fourth-order valence-electron chi connectivity index (χ4n) is 3.52. The van der Waals surface area contributed by atoms with E-state index in [-0.39, 0.29) is 0 Å². The number of esters is 1. The van der Waals surface area contributed by atoms with Crippen LogP contribution in [0.3, 0.4) is 0 Å². The number of carbonyl (C=O) groups excluding carboxylic acids is 1. The van der Waals surface area contributed by atoms with Crippen LogP contribution in [0.4, 0.5) is 0 Å². The van der Waals surface area contributed by atoms with Crippen molar-refractivity contribution in [2.24, 2.45) is 0 Å². The summed E-state index contributed by atoms with van der Waals surface area (Å²) in [6.07, 6.45) is 0. The fourth-order valence-corrected chi connectivity index (χ4v) is 4.58. The van der Waals surface area contributed by atoms with Crippen molar-refractivity contribution in [2.45, 2.75) is 17.6 Å². The van der Waals surface area contributed by atoms with Crippen molar-refractivity contribution in [1.82, 2.24) is 9.78 Å². The molecule has 3 aromatic rings. The van der Waals surface area contributed by atoms with Gasteiger partial charge in [-0.3, -0.25) is 0 Å². The van der Waals surface area contributed by atoms with Crippen LogP contribution in [0.15, 0.2) is 47.4 Å². The first-order chi connectivity index (χ1) is 13.8. The molecule has 0 saturated heterocycles. The molecule has 0 bridgehead atoms. The first-order valence-corrected chi connectivity index (χ1v) is 10.2. The molecule has 2 aromatic carbocycles. The largest absolute Gasteiger partial charge is 0.486 e. The van der Waals surface area contributed by atoms with E-state index in [9.17, 15) is 4.79 Å². The molecule has 142 valence electrons. The summed E-state index contributed by atoms with van der Waals surface area (Å²) in [6, 6.07) is 13.9. The van der Waals surface area contributed by atoms with Crippen LogP contribution in [-0.2, 0) is 10.5 Å². The lowest BCUT2D eigenvalue weighted by atomic mass is 10.1. The van der Waals surface area contributed by atoms with E-state index in [1.54, 1.807) is 18.7 Å². The van der Waals surface area contributed by atoms with Crippen LogP contribution >= 0.6 is 11.8 Å². The van der Waals surface area contributed by atoms with E-state index < -0.39 is 5.97 Å². The van der Waals surface area contributed by atoms with Crippen LogP contribution in [0, 0.1) is 0 Å². The van der Waals surface area contributed by atoms with E-state index in [1.165, 1.54) is 4.90 Å². The maximum absolute atomic E-state index is 12.6. The molecule has 0 unspecified atom stereocenters. The number of hydrogen-bond acceptors (Lipinski definition) is 6. The minimum Gasteiger partial charge on any atom is -0.486 e. The van der Waals surface area contributed by atoms with Crippen molar-refractivity contribution in [1.29, 1.82) is 0 Å². The normalized spacial score (nSPS) is 14.2. The van der Waals surface area contributed by atoms with Gasteiger partial charge < -0.3 is 14.2 Å². The van der Waals surface area contributed by atoms with Gasteiger partial charge in [-0.15, -0.1) is 11.8 Å². The van der Waals surface area contributed by atoms with E-state index >= 15 is 0 Å². The highest BCUT2D eigenvalue weighted by Crippen LogP contribution is 2.44. The molecule has 28 heavy (non-hydrogen) atoms. The van der Waals surface area contributed by atoms with Crippen molar-refractivity contribution in [3.63, 3.8) is 0 Å². The van der Waals surface area contributed by atoms with Gasteiger partial charge in [-0.1, -0.05) is 18.2 Å². The van der Waals surface area contributed by atoms with Crippen molar-refractivity contribution in [2.75, 3.05) is 19.8 Å². The van der Waals surface area contributed by atoms with Gasteiger partial charge in [0.1, 0.15) is 13.2 Å². The molecule has 0 radical (unpaired) electrons. The Morgan fingerprint density at radius 3 is 2.86 bits per heavy atom. The molecule has 0 atom stereocenters. The average molecular weight is 394 g/mol. The lowest BCUT2D eigenvalue weighted by molar-refractivity contribution is 0.0518. The molecule has 0 spiro atoms. The van der Waals surface area contributed by atoms with Crippen LogP contribution in [0.25, 0.3) is 16.9 Å². The molecule has 2 aliphatic rings. The lowest BCUT2D eigenvalue weighted by Crippen LogP contribution is -2.15. The Morgan fingerprint density at radius 2 is 2.00 bits per heavy atom. The van der Waals surface area contributed by atoms with E-state index in [0.29, 0.717) is 37.0 Å². The Kier molecular flexibility index (Phi) is 4.24. The highest BCUT2D eigenvalue weighted by Gasteiger charge is 2.30. The van der Waals surface area contributed by atoms with Crippen molar-refractivity contribution in [3.8, 4) is 28.4 Å². The van der Waals surface area contributed by atoms with Crippen molar-refractivity contribution >= 4 is 17.7 Å². The number of hydrogen-bond donors (Lipinski definition) is 0. The fraction of sp³-hybridized carbons (Fsp3) is 0.238. The first kappa shape index (κ1) is 17.2. The standard InChI is InChI=1S/C21H18N2O4S/c1-2-25-21(24)19-15-12-28-18-6-4-3-5-14(18)20(15)23(22-19)13-7-8-16-17(11-13)27-10-9-26-16/h3-8,11H,2,9-10,12H2,1H3. The minimum absolute atomic E-state index is 0.314. The maximum Gasteiger partial charge on any atom is 0.359 e. The number of nitrogens with zero attached hydrogens (tertiary/aromatic N) is 2. The Morgan fingerprint density at radius 1 is 1.18 bits per heavy atom. The molecule has 0 N–H and O–H groups in total. The van der Waals surface area contributed by atoms with Crippen LogP contribution in [0.5, 0.6) is 11.5 Å². The molecular weight excluding hydrogens is 376 g/mol. The van der Waals surface area contributed by atoms with Gasteiger partial charge in [0.2, 0.25) is 0 Å². The molecule has 1 aromatic heterocycles. The molecule has 0 saturated carbocycles. The highest BCUT2D eigenvalue weighted by molar-refractivity contribution is 7.98. The third-order valence-electron chi connectivity index (χ3n) is 4.74. The third kappa shape index (κ3) is 2.74. The molecule has 2 aliphatic heterocycles. The number of thioether (sulfide) groups is 1.